The molecule has 1 aromatic rings. The van der Waals surface area contributed by atoms with Crippen molar-refractivity contribution in [1.82, 2.24) is 0 Å². The molecule has 1 atom stereocenters. The monoisotopic (exact) mass is 211 g/mol. The Morgan fingerprint density at radius 3 is 2.80 bits per heavy atom. The molecule has 0 aliphatic rings. The van der Waals surface area contributed by atoms with Crippen LogP contribution < -0.4 is 16.8 Å². The molecular weight excluding hydrogens is 197 g/mol. The van der Waals surface area contributed by atoms with Crippen LogP contribution in [-0.2, 0) is 4.79 Å². The molecule has 1 aromatic carbocycles. The highest BCUT2D eigenvalue weighted by atomic mass is 19.1. The minimum Gasteiger partial charge on any atom is -0.399 e. The maximum atomic E-state index is 13.3. The van der Waals surface area contributed by atoms with Crippen LogP contribution in [0.15, 0.2) is 18.2 Å². The average molecular weight is 211 g/mol. The number of carbonyl (C=O) groups is 1. The minimum absolute atomic E-state index is 0.157. The van der Waals surface area contributed by atoms with E-state index in [0.29, 0.717) is 11.4 Å². The Morgan fingerprint density at radius 1 is 1.60 bits per heavy atom. The van der Waals surface area contributed by atoms with Gasteiger partial charge in [0.15, 0.2) is 0 Å². The summed E-state index contributed by atoms with van der Waals surface area (Å²) in [6.07, 6.45) is 0.157. The van der Waals surface area contributed by atoms with Crippen molar-refractivity contribution in [2.24, 2.45) is 5.73 Å². The minimum atomic E-state index is -0.439. The zero-order valence-electron chi connectivity index (χ0n) is 8.46. The first kappa shape index (κ1) is 11.3. The largest absolute Gasteiger partial charge is 0.399 e. The average Bonchev–Trinajstić information content (AvgIpc) is 2.08. The number of nitrogen functional groups attached to an aromatic ring is 1. The maximum absolute atomic E-state index is 13.3. The summed E-state index contributed by atoms with van der Waals surface area (Å²) in [7, 11) is 0. The first-order chi connectivity index (χ1) is 6.99. The zero-order valence-corrected chi connectivity index (χ0v) is 8.46. The highest BCUT2D eigenvalue weighted by molar-refractivity contribution is 5.75. The number of amides is 1. The van der Waals surface area contributed by atoms with Gasteiger partial charge >= 0.3 is 0 Å². The lowest BCUT2D eigenvalue weighted by molar-refractivity contribution is -0.118. The number of primary amides is 1. The van der Waals surface area contributed by atoms with E-state index in [1.54, 1.807) is 13.0 Å². The molecule has 5 heteroatoms. The second-order valence-electron chi connectivity index (χ2n) is 3.46. The molecule has 0 saturated carbocycles. The summed E-state index contributed by atoms with van der Waals surface area (Å²) in [5.74, 6) is -0.864. The van der Waals surface area contributed by atoms with Gasteiger partial charge in [-0.2, -0.15) is 0 Å². The highest BCUT2D eigenvalue weighted by Crippen LogP contribution is 2.18. The fourth-order valence-electron chi connectivity index (χ4n) is 1.27. The van der Waals surface area contributed by atoms with E-state index in [4.69, 9.17) is 11.5 Å². The maximum Gasteiger partial charge on any atom is 0.219 e. The standard InChI is InChI=1S/C10H14FN3O/c1-6(4-10(13)15)14-9-3-2-7(12)5-8(9)11/h2-3,5-6,14H,4,12H2,1H3,(H2,13,15). The van der Waals surface area contributed by atoms with Crippen LogP contribution >= 0.6 is 0 Å². The van der Waals surface area contributed by atoms with Crippen molar-refractivity contribution in [2.75, 3.05) is 11.1 Å². The van der Waals surface area contributed by atoms with Crippen LogP contribution in [0.3, 0.4) is 0 Å². The summed E-state index contributed by atoms with van der Waals surface area (Å²) in [6, 6.07) is 4.13. The molecule has 1 amide bonds. The van der Waals surface area contributed by atoms with Crippen molar-refractivity contribution in [1.29, 1.82) is 0 Å². The number of rotatable bonds is 4. The van der Waals surface area contributed by atoms with E-state index < -0.39 is 11.7 Å². The molecule has 1 rings (SSSR count). The third-order valence-corrected chi connectivity index (χ3v) is 1.90. The molecule has 0 spiro atoms. The van der Waals surface area contributed by atoms with Crippen LogP contribution in [0.25, 0.3) is 0 Å². The lowest BCUT2D eigenvalue weighted by atomic mass is 10.2. The number of hydrogen-bond donors (Lipinski definition) is 3. The Bertz CT molecular complexity index is 368. The Morgan fingerprint density at radius 2 is 2.27 bits per heavy atom. The van der Waals surface area contributed by atoms with Gasteiger partial charge in [-0.3, -0.25) is 4.79 Å². The fourth-order valence-corrected chi connectivity index (χ4v) is 1.27. The molecule has 0 aromatic heterocycles. The van der Waals surface area contributed by atoms with Crippen LogP contribution in [0.5, 0.6) is 0 Å². The Balaban J connectivity index is 2.68. The first-order valence-corrected chi connectivity index (χ1v) is 4.59. The molecule has 0 radical (unpaired) electrons. The van der Waals surface area contributed by atoms with Gasteiger partial charge in [-0.05, 0) is 25.1 Å². The molecule has 82 valence electrons. The van der Waals surface area contributed by atoms with E-state index in [0.717, 1.165) is 0 Å². The van der Waals surface area contributed by atoms with Gasteiger partial charge in [0, 0.05) is 18.2 Å². The fraction of sp³-hybridized carbons (Fsp3) is 0.300. The quantitative estimate of drug-likeness (QED) is 0.652. The number of anilines is 2. The second kappa shape index (κ2) is 4.63. The van der Waals surface area contributed by atoms with Gasteiger partial charge in [0.1, 0.15) is 5.82 Å². The molecule has 0 bridgehead atoms. The number of nitrogens with two attached hydrogens (primary N) is 2. The lowest BCUT2D eigenvalue weighted by Crippen LogP contribution is -2.24. The van der Waals surface area contributed by atoms with E-state index >= 15 is 0 Å². The van der Waals surface area contributed by atoms with E-state index in [-0.39, 0.29) is 12.5 Å². The van der Waals surface area contributed by atoms with Crippen LogP contribution in [0.2, 0.25) is 0 Å². The predicted molar refractivity (Wildman–Crippen MR) is 57.7 cm³/mol. The van der Waals surface area contributed by atoms with Gasteiger partial charge in [-0.15, -0.1) is 0 Å². The number of nitrogens with one attached hydrogen (secondary N) is 1. The lowest BCUT2D eigenvalue weighted by Gasteiger charge is -2.14. The third kappa shape index (κ3) is 3.46. The van der Waals surface area contributed by atoms with Crippen molar-refractivity contribution in [2.45, 2.75) is 19.4 Å². The van der Waals surface area contributed by atoms with Gasteiger partial charge in [0.25, 0.3) is 0 Å². The number of hydrogen-bond acceptors (Lipinski definition) is 3. The first-order valence-electron chi connectivity index (χ1n) is 4.59. The van der Waals surface area contributed by atoms with E-state index in [1.165, 1.54) is 12.1 Å². The topological polar surface area (TPSA) is 81.1 Å². The van der Waals surface area contributed by atoms with Crippen molar-refractivity contribution in [3.8, 4) is 0 Å². The molecule has 0 aliphatic carbocycles. The van der Waals surface area contributed by atoms with Crippen molar-refractivity contribution in [3.05, 3.63) is 24.0 Å². The van der Waals surface area contributed by atoms with Gasteiger partial charge in [-0.25, -0.2) is 4.39 Å². The predicted octanol–water partition coefficient (Wildman–Crippen LogP) is 1.08. The molecule has 0 fully saturated rings. The van der Waals surface area contributed by atoms with Crippen LogP contribution in [0, 0.1) is 5.82 Å². The third-order valence-electron chi connectivity index (χ3n) is 1.90. The normalized spacial score (nSPS) is 12.1. The van der Waals surface area contributed by atoms with Crippen molar-refractivity contribution >= 4 is 17.3 Å². The Hall–Kier alpha value is -1.78. The molecule has 0 saturated heterocycles. The summed E-state index contributed by atoms with van der Waals surface area (Å²) in [5, 5.41) is 2.84. The van der Waals surface area contributed by atoms with Crippen molar-refractivity contribution < 1.29 is 9.18 Å². The number of benzene rings is 1. The Labute approximate surface area is 87.4 Å². The van der Waals surface area contributed by atoms with Crippen LogP contribution in [0.1, 0.15) is 13.3 Å². The van der Waals surface area contributed by atoms with Gasteiger partial charge in [0.05, 0.1) is 5.69 Å². The summed E-state index contributed by atoms with van der Waals surface area (Å²) < 4.78 is 13.3. The molecule has 1 unspecified atom stereocenters. The van der Waals surface area contributed by atoms with Crippen molar-refractivity contribution in [3.63, 3.8) is 0 Å². The molecule has 0 aliphatic heterocycles. The molecule has 15 heavy (non-hydrogen) atoms. The SMILES string of the molecule is CC(CC(N)=O)Nc1ccc(N)cc1F. The van der Waals surface area contributed by atoms with E-state index in [1.807, 2.05) is 0 Å². The van der Waals surface area contributed by atoms with Gasteiger partial charge in [0.2, 0.25) is 5.91 Å². The molecule has 0 heterocycles. The summed E-state index contributed by atoms with van der Waals surface area (Å²) >= 11 is 0. The molecule has 4 nitrogen and oxygen atoms in total. The summed E-state index contributed by atoms with van der Waals surface area (Å²) in [5.41, 5.74) is 11.1. The summed E-state index contributed by atoms with van der Waals surface area (Å²) in [6.45, 7) is 1.75. The van der Waals surface area contributed by atoms with E-state index in [9.17, 15) is 9.18 Å². The second-order valence-corrected chi connectivity index (χ2v) is 3.46. The zero-order chi connectivity index (χ0) is 11.4. The Kier molecular flexibility index (Phi) is 3.49. The number of carbonyl (C=O) groups excluding carboxylic acids is 1. The highest BCUT2D eigenvalue weighted by Gasteiger charge is 2.08. The molecule has 5 N–H and O–H groups in total. The number of halogens is 1. The summed E-state index contributed by atoms with van der Waals surface area (Å²) in [4.78, 5) is 10.6. The van der Waals surface area contributed by atoms with Gasteiger partial charge in [-0.1, -0.05) is 0 Å². The molecular formula is C10H14FN3O. The van der Waals surface area contributed by atoms with Crippen LogP contribution in [0.4, 0.5) is 15.8 Å². The van der Waals surface area contributed by atoms with Gasteiger partial charge < -0.3 is 16.8 Å². The smallest absolute Gasteiger partial charge is 0.219 e. The van der Waals surface area contributed by atoms with Crippen LogP contribution in [-0.4, -0.2) is 11.9 Å². The van der Waals surface area contributed by atoms with E-state index in [2.05, 4.69) is 5.32 Å².